The number of ether oxygens (including phenoxy) is 1. The molecule has 0 fully saturated rings. The minimum atomic E-state index is -0.350. The zero-order chi connectivity index (χ0) is 24.3. The minimum absolute atomic E-state index is 0.118. The Morgan fingerprint density at radius 3 is 2.70 bits per heavy atom. The number of carbonyl (C=O) groups excluding carboxylic acids is 2. The summed E-state index contributed by atoms with van der Waals surface area (Å²) in [6.45, 7) is 5.54. The Labute approximate surface area is 205 Å². The second-order valence-electron chi connectivity index (χ2n) is 7.54. The first-order valence-electron chi connectivity index (χ1n) is 10.0. The van der Waals surface area contributed by atoms with Crippen molar-refractivity contribution in [2.75, 3.05) is 25.2 Å². The number of aryl methyl sites for hydroxylation is 2. The topological polar surface area (TPSA) is 102 Å². The summed E-state index contributed by atoms with van der Waals surface area (Å²) >= 11 is 8.48. The number of nitrogens with zero attached hydrogens (tertiary/aromatic N) is 5. The normalized spacial score (nSPS) is 11.8. The van der Waals surface area contributed by atoms with E-state index in [0.29, 0.717) is 37.5 Å². The lowest BCUT2D eigenvalue weighted by atomic mass is 10.2. The van der Waals surface area contributed by atoms with Gasteiger partial charge in [0.25, 0.3) is 5.91 Å². The smallest absolute Gasteiger partial charge is 0.265 e. The third kappa shape index (κ3) is 6.04. The predicted molar refractivity (Wildman–Crippen MR) is 130 cm³/mol. The van der Waals surface area contributed by atoms with Crippen molar-refractivity contribution in [2.24, 2.45) is 7.05 Å². The van der Waals surface area contributed by atoms with Crippen molar-refractivity contribution < 1.29 is 14.3 Å². The maximum absolute atomic E-state index is 12.4. The van der Waals surface area contributed by atoms with E-state index >= 15 is 0 Å². The Hall–Kier alpha value is -2.63. The first-order valence-corrected chi connectivity index (χ1v) is 12.2. The summed E-state index contributed by atoms with van der Waals surface area (Å²) in [5, 5.41) is 12.8. The molecule has 0 aliphatic heterocycles. The maximum Gasteiger partial charge on any atom is 0.265 e. The van der Waals surface area contributed by atoms with Gasteiger partial charge in [-0.25, -0.2) is 4.98 Å². The van der Waals surface area contributed by atoms with Crippen molar-refractivity contribution >= 4 is 51.6 Å². The van der Waals surface area contributed by atoms with Crippen LogP contribution in [0.3, 0.4) is 0 Å². The number of nitrogens with one attached hydrogen (secondary N) is 1. The molecule has 2 amide bonds. The molecule has 12 heteroatoms. The number of thioether (sulfide) groups is 1. The van der Waals surface area contributed by atoms with Crippen LogP contribution in [0.25, 0.3) is 0 Å². The molecule has 1 unspecified atom stereocenters. The van der Waals surface area contributed by atoms with E-state index in [2.05, 4.69) is 20.5 Å². The van der Waals surface area contributed by atoms with Gasteiger partial charge in [-0.15, -0.1) is 10.2 Å². The van der Waals surface area contributed by atoms with Gasteiger partial charge in [0, 0.05) is 26.2 Å². The SMILES string of the molecule is Cc1cc(OC(C)c2nnc(SCC(=O)Nc3nc(C)c(C(=O)N(C)C)s3)n2C)ccc1Cl. The zero-order valence-electron chi connectivity index (χ0n) is 19.2. The van der Waals surface area contributed by atoms with E-state index in [9.17, 15) is 9.59 Å². The Kier molecular flexibility index (Phi) is 7.98. The van der Waals surface area contributed by atoms with Crippen LogP contribution >= 0.6 is 34.7 Å². The van der Waals surface area contributed by atoms with Gasteiger partial charge in [-0.05, 0) is 44.5 Å². The van der Waals surface area contributed by atoms with Crippen LogP contribution in [0.15, 0.2) is 23.4 Å². The molecule has 0 aliphatic rings. The molecule has 0 spiro atoms. The largest absolute Gasteiger partial charge is 0.483 e. The molecular formula is C21H25ClN6O3S2. The summed E-state index contributed by atoms with van der Waals surface area (Å²) in [6, 6.07) is 5.46. The fraction of sp³-hybridized carbons (Fsp3) is 0.381. The number of carbonyl (C=O) groups is 2. The van der Waals surface area contributed by atoms with Gasteiger partial charge in [-0.2, -0.15) is 0 Å². The number of anilines is 1. The number of amides is 2. The zero-order valence-corrected chi connectivity index (χ0v) is 21.6. The van der Waals surface area contributed by atoms with Gasteiger partial charge in [-0.1, -0.05) is 34.7 Å². The quantitative estimate of drug-likeness (QED) is 0.456. The maximum atomic E-state index is 12.4. The summed E-state index contributed by atoms with van der Waals surface area (Å²) in [5.41, 5.74) is 1.51. The first kappa shape index (κ1) is 25.0. The van der Waals surface area contributed by atoms with Crippen LogP contribution in [0.2, 0.25) is 5.02 Å². The van der Waals surface area contributed by atoms with Crippen LogP contribution in [0.1, 0.15) is 39.8 Å². The number of hydrogen-bond acceptors (Lipinski definition) is 8. The average molecular weight is 509 g/mol. The highest BCUT2D eigenvalue weighted by Crippen LogP contribution is 2.27. The molecular weight excluding hydrogens is 484 g/mol. The predicted octanol–water partition coefficient (Wildman–Crippen LogP) is 4.11. The van der Waals surface area contributed by atoms with Gasteiger partial charge in [-0.3, -0.25) is 9.59 Å². The molecule has 3 aromatic rings. The molecule has 0 radical (unpaired) electrons. The fourth-order valence-electron chi connectivity index (χ4n) is 2.89. The summed E-state index contributed by atoms with van der Waals surface area (Å²) in [5.74, 6) is 1.05. The van der Waals surface area contributed by atoms with Crippen LogP contribution in [0, 0.1) is 13.8 Å². The van der Waals surface area contributed by atoms with Gasteiger partial charge < -0.3 is 19.5 Å². The highest BCUT2D eigenvalue weighted by Gasteiger charge is 2.20. The molecule has 9 nitrogen and oxygen atoms in total. The minimum Gasteiger partial charge on any atom is -0.483 e. The molecule has 1 aromatic carbocycles. The van der Waals surface area contributed by atoms with Crippen LogP contribution in [-0.4, -0.2) is 56.3 Å². The molecule has 1 atom stereocenters. The van der Waals surface area contributed by atoms with Crippen molar-refractivity contribution in [1.29, 1.82) is 0 Å². The Morgan fingerprint density at radius 1 is 1.30 bits per heavy atom. The summed E-state index contributed by atoms with van der Waals surface area (Å²) in [7, 11) is 5.17. The highest BCUT2D eigenvalue weighted by molar-refractivity contribution is 7.99. The molecule has 0 saturated heterocycles. The second-order valence-corrected chi connectivity index (χ2v) is 9.89. The molecule has 33 heavy (non-hydrogen) atoms. The van der Waals surface area contributed by atoms with Crippen molar-refractivity contribution in [2.45, 2.75) is 32.0 Å². The number of hydrogen-bond donors (Lipinski definition) is 1. The van der Waals surface area contributed by atoms with E-state index in [-0.39, 0.29) is 23.7 Å². The van der Waals surface area contributed by atoms with Gasteiger partial charge in [0.05, 0.1) is 11.4 Å². The van der Waals surface area contributed by atoms with E-state index in [1.54, 1.807) is 37.7 Å². The van der Waals surface area contributed by atoms with Crippen LogP contribution in [-0.2, 0) is 11.8 Å². The van der Waals surface area contributed by atoms with Crippen molar-refractivity contribution in [3.05, 3.63) is 45.2 Å². The molecule has 2 heterocycles. The lowest BCUT2D eigenvalue weighted by Gasteiger charge is -2.15. The van der Waals surface area contributed by atoms with E-state index in [1.807, 2.05) is 27.0 Å². The van der Waals surface area contributed by atoms with Crippen LogP contribution < -0.4 is 10.1 Å². The molecule has 3 rings (SSSR count). The lowest BCUT2D eigenvalue weighted by Crippen LogP contribution is -2.21. The van der Waals surface area contributed by atoms with Gasteiger partial charge >= 0.3 is 0 Å². The van der Waals surface area contributed by atoms with Crippen molar-refractivity contribution in [3.63, 3.8) is 0 Å². The lowest BCUT2D eigenvalue weighted by molar-refractivity contribution is -0.113. The number of benzene rings is 1. The van der Waals surface area contributed by atoms with Crippen molar-refractivity contribution in [3.8, 4) is 5.75 Å². The molecule has 1 N–H and O–H groups in total. The highest BCUT2D eigenvalue weighted by atomic mass is 35.5. The number of aromatic nitrogens is 4. The van der Waals surface area contributed by atoms with Gasteiger partial charge in [0.2, 0.25) is 5.91 Å². The Balaban J connectivity index is 1.59. The first-order chi connectivity index (χ1) is 15.6. The fourth-order valence-corrected chi connectivity index (χ4v) is 4.73. The summed E-state index contributed by atoms with van der Waals surface area (Å²) in [4.78, 5) is 30.8. The summed E-state index contributed by atoms with van der Waals surface area (Å²) < 4.78 is 7.77. The number of rotatable bonds is 8. The van der Waals surface area contributed by atoms with Crippen molar-refractivity contribution in [1.82, 2.24) is 24.6 Å². The molecule has 176 valence electrons. The average Bonchev–Trinajstić information content (AvgIpc) is 3.30. The van der Waals surface area contributed by atoms with Gasteiger partial charge in [0.15, 0.2) is 22.2 Å². The van der Waals surface area contributed by atoms with Crippen LogP contribution in [0.5, 0.6) is 5.75 Å². The van der Waals surface area contributed by atoms with Gasteiger partial charge in [0.1, 0.15) is 10.6 Å². The number of halogens is 1. The van der Waals surface area contributed by atoms with Crippen LogP contribution in [0.4, 0.5) is 5.13 Å². The Bertz CT molecular complexity index is 1180. The van der Waals surface area contributed by atoms with E-state index < -0.39 is 0 Å². The Morgan fingerprint density at radius 2 is 2.03 bits per heavy atom. The molecule has 0 saturated carbocycles. The standard InChI is InChI=1S/C21H25ClN6O3S2/c1-11-9-14(7-8-15(11)22)31-13(3)18-25-26-21(28(18)6)32-10-16(29)24-20-23-12(2)17(33-20)19(30)27(4)5/h7-9,13H,10H2,1-6H3,(H,23,24,29). The van der Waals surface area contributed by atoms with E-state index in [4.69, 9.17) is 16.3 Å². The second kappa shape index (κ2) is 10.5. The molecule has 0 aliphatic carbocycles. The van der Waals surface area contributed by atoms with E-state index in [1.165, 1.54) is 16.7 Å². The third-order valence-corrected chi connectivity index (χ3v) is 7.16. The summed E-state index contributed by atoms with van der Waals surface area (Å²) in [6.07, 6.45) is -0.350. The monoisotopic (exact) mass is 508 g/mol. The third-order valence-electron chi connectivity index (χ3n) is 4.65. The molecule has 2 aromatic heterocycles. The van der Waals surface area contributed by atoms with E-state index in [0.717, 1.165) is 16.9 Å². The number of thiazole rings is 1. The molecule has 0 bridgehead atoms.